The van der Waals surface area contributed by atoms with E-state index in [9.17, 15) is 9.59 Å². The molecule has 0 aliphatic carbocycles. The summed E-state index contributed by atoms with van der Waals surface area (Å²) in [5.41, 5.74) is 1.23. The molecule has 0 aromatic heterocycles. The van der Waals surface area contributed by atoms with Crippen molar-refractivity contribution in [1.29, 1.82) is 0 Å². The second-order valence-electron chi connectivity index (χ2n) is 5.92. The lowest BCUT2D eigenvalue weighted by Gasteiger charge is -2.29. The summed E-state index contributed by atoms with van der Waals surface area (Å²) in [7, 11) is 0. The van der Waals surface area contributed by atoms with Crippen LogP contribution in [0.3, 0.4) is 0 Å². The van der Waals surface area contributed by atoms with E-state index in [0.29, 0.717) is 43.2 Å². The van der Waals surface area contributed by atoms with Gasteiger partial charge >= 0.3 is 0 Å². The van der Waals surface area contributed by atoms with Gasteiger partial charge in [0.2, 0.25) is 0 Å². The Hall–Kier alpha value is -2.66. The molecule has 2 aromatic rings. The highest BCUT2D eigenvalue weighted by Gasteiger charge is 2.23. The molecular weight excluding hydrogens is 318 g/mol. The second-order valence-corrected chi connectivity index (χ2v) is 5.92. The largest absolute Gasteiger partial charge is 0.481 e. The maximum atomic E-state index is 12.4. The number of ether oxygens (including phenoxy) is 2. The zero-order chi connectivity index (χ0) is 17.6. The minimum absolute atomic E-state index is 0.0374. The Morgan fingerprint density at radius 2 is 1.56 bits per heavy atom. The summed E-state index contributed by atoms with van der Waals surface area (Å²) >= 11 is 0. The molecule has 2 aromatic carbocycles. The third-order valence-corrected chi connectivity index (χ3v) is 4.14. The van der Waals surface area contributed by atoms with Crippen molar-refractivity contribution in [2.45, 2.75) is 13.0 Å². The van der Waals surface area contributed by atoms with Gasteiger partial charge in [0.1, 0.15) is 5.75 Å². The normalized spacial score (nSPS) is 15.5. The Morgan fingerprint density at radius 3 is 2.20 bits per heavy atom. The Labute approximate surface area is 147 Å². The Kier molecular flexibility index (Phi) is 5.46. The van der Waals surface area contributed by atoms with E-state index in [2.05, 4.69) is 0 Å². The molecule has 3 rings (SSSR count). The van der Waals surface area contributed by atoms with Gasteiger partial charge in [-0.05, 0) is 31.2 Å². The van der Waals surface area contributed by atoms with Gasteiger partial charge in [-0.2, -0.15) is 0 Å². The number of amides is 1. The standard InChI is InChI=1S/C20H21NO4/c1-15(20(23)21-11-13-24-14-12-21)25-18-9-7-17(8-10-18)19(22)16-5-3-2-4-6-16/h2-10,15H,11-14H2,1H3/t15-/m0/s1. The lowest BCUT2D eigenvalue weighted by atomic mass is 10.0. The SMILES string of the molecule is C[C@H](Oc1ccc(C(=O)c2ccccc2)cc1)C(=O)N1CCOCC1. The van der Waals surface area contributed by atoms with Crippen LogP contribution in [-0.4, -0.2) is 49.0 Å². The predicted octanol–water partition coefficient (Wildman–Crippen LogP) is 2.54. The van der Waals surface area contributed by atoms with Gasteiger partial charge in [-0.3, -0.25) is 9.59 Å². The highest BCUT2D eigenvalue weighted by Crippen LogP contribution is 2.17. The van der Waals surface area contributed by atoms with Gasteiger partial charge in [0.15, 0.2) is 11.9 Å². The molecule has 1 amide bonds. The monoisotopic (exact) mass is 339 g/mol. The first-order valence-electron chi connectivity index (χ1n) is 8.38. The number of hydrogen-bond acceptors (Lipinski definition) is 4. The molecule has 1 fully saturated rings. The second kappa shape index (κ2) is 7.94. The molecule has 1 aliphatic rings. The van der Waals surface area contributed by atoms with Gasteiger partial charge in [0, 0.05) is 24.2 Å². The number of benzene rings is 2. The lowest BCUT2D eigenvalue weighted by molar-refractivity contribution is -0.142. The maximum Gasteiger partial charge on any atom is 0.263 e. The fourth-order valence-corrected chi connectivity index (χ4v) is 2.74. The fraction of sp³-hybridized carbons (Fsp3) is 0.300. The van der Waals surface area contributed by atoms with E-state index in [1.807, 2.05) is 18.2 Å². The summed E-state index contributed by atoms with van der Waals surface area (Å²) in [6, 6.07) is 16.0. The van der Waals surface area contributed by atoms with Gasteiger partial charge < -0.3 is 14.4 Å². The van der Waals surface area contributed by atoms with Crippen LogP contribution >= 0.6 is 0 Å². The highest BCUT2D eigenvalue weighted by molar-refractivity contribution is 6.08. The first kappa shape index (κ1) is 17.2. The number of carbonyl (C=O) groups excluding carboxylic acids is 2. The summed E-state index contributed by atoms with van der Waals surface area (Å²) in [6.07, 6.45) is -0.575. The molecule has 5 heteroatoms. The zero-order valence-electron chi connectivity index (χ0n) is 14.2. The molecule has 1 atom stereocenters. The average molecular weight is 339 g/mol. The predicted molar refractivity (Wildman–Crippen MR) is 93.8 cm³/mol. The van der Waals surface area contributed by atoms with Crippen LogP contribution in [0.15, 0.2) is 54.6 Å². The number of rotatable bonds is 5. The van der Waals surface area contributed by atoms with Gasteiger partial charge in [-0.1, -0.05) is 30.3 Å². The van der Waals surface area contributed by atoms with Crippen molar-refractivity contribution in [3.05, 3.63) is 65.7 Å². The molecule has 130 valence electrons. The van der Waals surface area contributed by atoms with Crippen LogP contribution in [0, 0.1) is 0 Å². The van der Waals surface area contributed by atoms with Crippen molar-refractivity contribution in [3.8, 4) is 5.75 Å². The molecule has 5 nitrogen and oxygen atoms in total. The highest BCUT2D eigenvalue weighted by atomic mass is 16.5. The molecule has 0 saturated carbocycles. The van der Waals surface area contributed by atoms with Crippen molar-refractivity contribution in [2.24, 2.45) is 0 Å². The molecule has 0 unspecified atom stereocenters. The smallest absolute Gasteiger partial charge is 0.263 e. The third kappa shape index (κ3) is 4.25. The molecule has 0 radical (unpaired) electrons. The van der Waals surface area contributed by atoms with Crippen LogP contribution in [0.5, 0.6) is 5.75 Å². The van der Waals surface area contributed by atoms with Gasteiger partial charge in [-0.15, -0.1) is 0 Å². The van der Waals surface area contributed by atoms with Gasteiger partial charge in [0.25, 0.3) is 5.91 Å². The summed E-state index contributed by atoms with van der Waals surface area (Å²) in [4.78, 5) is 26.5. The van der Waals surface area contributed by atoms with Crippen molar-refractivity contribution in [2.75, 3.05) is 26.3 Å². The molecule has 1 saturated heterocycles. The molecule has 1 heterocycles. The zero-order valence-corrected chi connectivity index (χ0v) is 14.2. The summed E-state index contributed by atoms with van der Waals surface area (Å²) in [6.45, 7) is 4.05. The number of hydrogen-bond donors (Lipinski definition) is 0. The third-order valence-electron chi connectivity index (χ3n) is 4.14. The van der Waals surface area contributed by atoms with Crippen molar-refractivity contribution in [1.82, 2.24) is 4.90 Å². The molecule has 0 N–H and O–H groups in total. The number of nitrogens with zero attached hydrogens (tertiary/aromatic N) is 1. The van der Waals surface area contributed by atoms with Crippen LogP contribution in [0.25, 0.3) is 0 Å². The van der Waals surface area contributed by atoms with E-state index < -0.39 is 6.10 Å². The fourth-order valence-electron chi connectivity index (χ4n) is 2.74. The number of ketones is 1. The van der Waals surface area contributed by atoms with Crippen molar-refractivity contribution >= 4 is 11.7 Å². The van der Waals surface area contributed by atoms with Crippen LogP contribution in [0.2, 0.25) is 0 Å². The summed E-state index contributed by atoms with van der Waals surface area (Å²) < 4.78 is 11.0. The molecular formula is C20H21NO4. The topological polar surface area (TPSA) is 55.8 Å². The molecule has 1 aliphatic heterocycles. The molecule has 0 spiro atoms. The van der Waals surface area contributed by atoms with Crippen molar-refractivity contribution < 1.29 is 19.1 Å². The molecule has 25 heavy (non-hydrogen) atoms. The Morgan fingerprint density at radius 1 is 0.960 bits per heavy atom. The Bertz CT molecular complexity index is 721. The van der Waals surface area contributed by atoms with Crippen LogP contribution in [0.4, 0.5) is 0 Å². The number of carbonyl (C=O) groups is 2. The van der Waals surface area contributed by atoms with Gasteiger partial charge in [-0.25, -0.2) is 0 Å². The minimum Gasteiger partial charge on any atom is -0.481 e. The van der Waals surface area contributed by atoms with E-state index in [1.165, 1.54) is 0 Å². The maximum absolute atomic E-state index is 12.4. The first-order chi connectivity index (χ1) is 12.1. The van der Waals surface area contributed by atoms with E-state index in [0.717, 1.165) is 0 Å². The van der Waals surface area contributed by atoms with Crippen LogP contribution in [-0.2, 0) is 9.53 Å². The van der Waals surface area contributed by atoms with E-state index in [1.54, 1.807) is 48.2 Å². The number of morpholine rings is 1. The van der Waals surface area contributed by atoms with Crippen LogP contribution in [0.1, 0.15) is 22.8 Å². The Balaban J connectivity index is 1.62. The van der Waals surface area contributed by atoms with Crippen molar-refractivity contribution in [3.63, 3.8) is 0 Å². The first-order valence-corrected chi connectivity index (χ1v) is 8.38. The quantitative estimate of drug-likeness (QED) is 0.786. The molecule has 0 bridgehead atoms. The average Bonchev–Trinajstić information content (AvgIpc) is 2.68. The minimum atomic E-state index is -0.575. The van der Waals surface area contributed by atoms with E-state index in [4.69, 9.17) is 9.47 Å². The van der Waals surface area contributed by atoms with E-state index in [-0.39, 0.29) is 11.7 Å². The summed E-state index contributed by atoms with van der Waals surface area (Å²) in [5.74, 6) is 0.482. The van der Waals surface area contributed by atoms with E-state index >= 15 is 0 Å². The van der Waals surface area contributed by atoms with Crippen LogP contribution < -0.4 is 4.74 Å². The van der Waals surface area contributed by atoms with Gasteiger partial charge in [0.05, 0.1) is 13.2 Å². The summed E-state index contributed by atoms with van der Waals surface area (Å²) in [5, 5.41) is 0. The lowest BCUT2D eigenvalue weighted by Crippen LogP contribution is -2.46.